The molecule has 2 aromatic carbocycles. The van der Waals surface area contributed by atoms with E-state index in [2.05, 4.69) is 21.9 Å². The van der Waals surface area contributed by atoms with Gasteiger partial charge in [-0.3, -0.25) is 19.1 Å². The number of amides is 4. The Labute approximate surface area is 326 Å². The van der Waals surface area contributed by atoms with Gasteiger partial charge in [0.2, 0.25) is 27.7 Å². The summed E-state index contributed by atoms with van der Waals surface area (Å²) in [7, 11) is -3.92. The van der Waals surface area contributed by atoms with E-state index in [1.54, 1.807) is 20.8 Å². The molecule has 3 aromatic rings. The van der Waals surface area contributed by atoms with Gasteiger partial charge >= 0.3 is 6.09 Å². The fourth-order valence-electron chi connectivity index (χ4n) is 7.19. The molecule has 3 N–H and O–H groups in total. The van der Waals surface area contributed by atoms with E-state index in [1.807, 2.05) is 74.5 Å². The lowest BCUT2D eigenvalue weighted by atomic mass is 9.85. The molecule has 2 aliphatic carbocycles. The second-order valence-corrected chi connectivity index (χ2v) is 19.0. The highest BCUT2D eigenvalue weighted by Gasteiger charge is 2.62. The average molecular weight is 785 g/mol. The Hall–Kier alpha value is -5.31. The zero-order valence-electron chi connectivity index (χ0n) is 32.2. The van der Waals surface area contributed by atoms with E-state index in [0.29, 0.717) is 29.6 Å². The lowest BCUT2D eigenvalue weighted by Crippen LogP contribution is -2.60. The molecular weight excluding hydrogens is 737 g/mol. The predicted octanol–water partition coefficient (Wildman–Crippen LogP) is 4.51. The van der Waals surface area contributed by atoms with Crippen molar-refractivity contribution in [1.29, 1.82) is 0 Å². The monoisotopic (exact) mass is 784 g/mol. The van der Waals surface area contributed by atoms with E-state index in [4.69, 9.17) is 19.4 Å². The van der Waals surface area contributed by atoms with E-state index in [9.17, 15) is 27.6 Å². The third-order valence-corrected chi connectivity index (χ3v) is 12.6. The third kappa shape index (κ3) is 7.99. The summed E-state index contributed by atoms with van der Waals surface area (Å²) in [5, 5.41) is 4.91. The number of hydrogen-bond acceptors (Lipinski definition) is 10. The van der Waals surface area contributed by atoms with Crippen molar-refractivity contribution in [1.82, 2.24) is 30.2 Å². The molecule has 14 nitrogen and oxygen atoms in total. The van der Waals surface area contributed by atoms with Crippen LogP contribution in [0, 0.1) is 16.7 Å². The van der Waals surface area contributed by atoms with Crippen molar-refractivity contribution < 1.29 is 37.1 Å². The summed E-state index contributed by atoms with van der Waals surface area (Å²) in [6, 6.07) is 12.7. The highest BCUT2D eigenvalue weighted by atomic mass is 32.2. The maximum absolute atomic E-state index is 14.7. The molecule has 15 heteroatoms. The molecule has 56 heavy (non-hydrogen) atoms. The highest BCUT2D eigenvalue weighted by molar-refractivity contribution is 7.91. The topological polar surface area (TPSA) is 186 Å². The molecule has 7 rings (SSSR count). The van der Waals surface area contributed by atoms with Crippen LogP contribution in [-0.4, -0.2) is 89.2 Å². The Kier molecular flexibility index (Phi) is 9.96. The Bertz CT molecular complexity index is 2250. The van der Waals surface area contributed by atoms with Gasteiger partial charge in [-0.1, -0.05) is 83.2 Å². The largest absolute Gasteiger partial charge is 0.471 e. The van der Waals surface area contributed by atoms with E-state index in [-0.39, 0.29) is 31.9 Å². The normalized spacial score (nSPS) is 27.0. The van der Waals surface area contributed by atoms with Crippen molar-refractivity contribution in [3.8, 4) is 17.1 Å². The van der Waals surface area contributed by atoms with Gasteiger partial charge in [0.05, 0.1) is 22.8 Å². The molecule has 4 aliphatic rings. The number of nitrogens with one attached hydrogen (secondary N) is 3. The van der Waals surface area contributed by atoms with Gasteiger partial charge in [0.25, 0.3) is 5.91 Å². The van der Waals surface area contributed by atoms with Gasteiger partial charge in [0.1, 0.15) is 36.0 Å². The third-order valence-electron chi connectivity index (χ3n) is 10.8. The number of alkyl carbamates (subject to hydrolysis) is 1. The van der Waals surface area contributed by atoms with Gasteiger partial charge in [-0.05, 0) is 48.4 Å². The number of sulfonamides is 1. The Balaban J connectivity index is 1.28. The summed E-state index contributed by atoms with van der Waals surface area (Å²) in [6.07, 6.45) is 4.82. The van der Waals surface area contributed by atoms with Crippen molar-refractivity contribution >= 4 is 50.9 Å². The van der Waals surface area contributed by atoms with Crippen LogP contribution in [-0.2, 0) is 29.1 Å². The maximum atomic E-state index is 14.7. The summed E-state index contributed by atoms with van der Waals surface area (Å²) >= 11 is 0. The lowest BCUT2D eigenvalue weighted by molar-refractivity contribution is -0.142. The van der Waals surface area contributed by atoms with Gasteiger partial charge in [-0.15, -0.1) is 6.58 Å². The van der Waals surface area contributed by atoms with Crippen LogP contribution < -0.4 is 20.1 Å². The van der Waals surface area contributed by atoms with Crippen LogP contribution in [0.1, 0.15) is 65.9 Å². The molecule has 5 atom stereocenters. The Morgan fingerprint density at radius 3 is 2.43 bits per heavy atom. The molecule has 3 heterocycles. The van der Waals surface area contributed by atoms with Crippen LogP contribution >= 0.6 is 0 Å². The number of fused-ring (bicyclic) bond motifs is 7. The number of ether oxygens (including phenoxy) is 2. The van der Waals surface area contributed by atoms with Gasteiger partial charge in [0, 0.05) is 23.3 Å². The number of nitrogens with zero attached hydrogens (tertiary/aromatic N) is 3. The zero-order chi connectivity index (χ0) is 40.2. The van der Waals surface area contributed by atoms with Gasteiger partial charge in [-0.2, -0.15) is 0 Å². The predicted molar refractivity (Wildman–Crippen MR) is 209 cm³/mol. The van der Waals surface area contributed by atoms with E-state index in [1.165, 1.54) is 11.0 Å². The summed E-state index contributed by atoms with van der Waals surface area (Å²) in [5.74, 6) is -2.43. The first-order valence-electron chi connectivity index (χ1n) is 18.9. The number of carbonyl (C=O) groups excluding carboxylic acids is 4. The van der Waals surface area contributed by atoms with Crippen molar-refractivity contribution in [2.24, 2.45) is 16.7 Å². The van der Waals surface area contributed by atoms with Crippen LogP contribution in [0.4, 0.5) is 4.79 Å². The first-order valence-corrected chi connectivity index (χ1v) is 20.4. The first-order chi connectivity index (χ1) is 26.4. The second-order valence-electron chi connectivity index (χ2n) is 17.0. The molecule has 0 spiro atoms. The van der Waals surface area contributed by atoms with Crippen molar-refractivity contribution in [3.63, 3.8) is 0 Å². The van der Waals surface area contributed by atoms with Crippen LogP contribution in [0.5, 0.6) is 5.88 Å². The van der Waals surface area contributed by atoms with Gasteiger partial charge < -0.3 is 25.0 Å². The highest BCUT2D eigenvalue weighted by Crippen LogP contribution is 2.46. The zero-order valence-corrected chi connectivity index (χ0v) is 33.0. The van der Waals surface area contributed by atoms with Crippen molar-refractivity contribution in [2.75, 3.05) is 13.2 Å². The summed E-state index contributed by atoms with van der Waals surface area (Å²) in [6.45, 7) is 12.9. The molecule has 3 fully saturated rings. The standard InChI is InChI=1S/C41H48N6O8S/c1-7-26-21-41(26,37(50)46-56(52,53)28-15-16-28)45-34(48)31-20-27-22-47(31)36(49)33(39(2,3)4)44-38(51)54-23-40(5,6)18-17-24-11-10-12-25(19-24)32-35(55-27)43-30-14-9-8-13-29(30)42-32/h7-14,17-19,26-28,31,33H,1,15-16,20-23H2,2-6H3,(H,44,51)(H,45,48)(H,46,50)/b18-17+/t26-,27-,31+,33-,41+/m1/s1. The van der Waals surface area contributed by atoms with E-state index in [0.717, 1.165) is 11.1 Å². The minimum absolute atomic E-state index is 0.0100. The molecular formula is C41H48N6O8S. The number of cyclic esters (lactones) is 1. The number of aromatic nitrogens is 2. The quantitative estimate of drug-likeness (QED) is 0.301. The summed E-state index contributed by atoms with van der Waals surface area (Å²) in [4.78, 5) is 67.2. The molecule has 0 radical (unpaired) electrons. The molecule has 2 aliphatic heterocycles. The van der Waals surface area contributed by atoms with Crippen molar-refractivity contribution in [3.05, 3.63) is 72.8 Å². The van der Waals surface area contributed by atoms with E-state index >= 15 is 0 Å². The molecule has 2 saturated carbocycles. The Morgan fingerprint density at radius 2 is 1.77 bits per heavy atom. The van der Waals surface area contributed by atoms with Gasteiger partial charge in [-0.25, -0.2) is 23.2 Å². The molecule has 4 amide bonds. The van der Waals surface area contributed by atoms with Crippen LogP contribution in [0.25, 0.3) is 28.4 Å². The lowest BCUT2D eigenvalue weighted by Gasteiger charge is -2.35. The SMILES string of the molecule is C=C[C@@H]1C[C@@]1(NC(=O)[C@@H]1C[C@@H]2CN1C(=O)[C@H](C(C)(C)C)NC(=O)OCC(C)(C)/C=C/c1cccc(c1)-c1nc3ccccc3nc1O2)C(=O)NS(=O)(=O)C1CC1. The number of rotatable bonds is 6. The minimum atomic E-state index is -3.92. The van der Waals surface area contributed by atoms with Crippen LogP contribution in [0.15, 0.2) is 67.3 Å². The van der Waals surface area contributed by atoms with E-state index < -0.39 is 79.6 Å². The number of benzene rings is 2. The molecule has 296 valence electrons. The van der Waals surface area contributed by atoms with Crippen molar-refractivity contribution in [2.45, 2.75) is 89.3 Å². The molecule has 0 unspecified atom stereocenters. The smallest absolute Gasteiger partial charge is 0.407 e. The van der Waals surface area contributed by atoms with Crippen LogP contribution in [0.2, 0.25) is 0 Å². The minimum Gasteiger partial charge on any atom is -0.471 e. The fourth-order valence-corrected chi connectivity index (χ4v) is 8.56. The average Bonchev–Trinajstić information content (AvgIpc) is 4.08. The summed E-state index contributed by atoms with van der Waals surface area (Å²) in [5.41, 5.74) is 0.284. The van der Waals surface area contributed by atoms with Gasteiger partial charge in [0.15, 0.2) is 0 Å². The molecule has 4 bridgehead atoms. The summed E-state index contributed by atoms with van der Waals surface area (Å²) < 4.78 is 40.0. The number of carbonyl (C=O) groups is 4. The fraction of sp³-hybridized carbons (Fsp3) is 0.463. The molecule has 1 saturated heterocycles. The first kappa shape index (κ1) is 38.9. The maximum Gasteiger partial charge on any atom is 0.407 e. The second kappa shape index (κ2) is 14.3. The van der Waals surface area contributed by atoms with Crippen LogP contribution in [0.3, 0.4) is 0 Å². The number of hydrogen-bond donors (Lipinski definition) is 3. The Morgan fingerprint density at radius 1 is 1.05 bits per heavy atom. The number of para-hydroxylation sites is 2. The molecule has 1 aromatic heterocycles.